The van der Waals surface area contributed by atoms with Gasteiger partial charge in [-0.25, -0.2) is 24.2 Å². The monoisotopic (exact) mass is 599 g/mol. The number of nitrogens with zero attached hydrogens (tertiary/aromatic N) is 4. The first-order valence-electron chi connectivity index (χ1n) is 14.1. The van der Waals surface area contributed by atoms with E-state index >= 15 is 0 Å². The molecule has 13 heteroatoms. The van der Waals surface area contributed by atoms with Crippen molar-refractivity contribution < 1.29 is 29.3 Å². The molecule has 2 fully saturated rings. The largest absolute Gasteiger partial charge is 0.495 e. The number of fused-ring (bicyclic) bond motifs is 1. The van der Waals surface area contributed by atoms with Gasteiger partial charge in [-0.1, -0.05) is 36.4 Å². The Morgan fingerprint density at radius 3 is 2.41 bits per heavy atom. The van der Waals surface area contributed by atoms with Crippen LogP contribution in [0.2, 0.25) is 0 Å². The van der Waals surface area contributed by atoms with E-state index in [0.29, 0.717) is 35.1 Å². The second-order valence-electron chi connectivity index (χ2n) is 10.5. The van der Waals surface area contributed by atoms with Crippen molar-refractivity contribution in [2.45, 2.75) is 31.2 Å². The molecule has 1 saturated carbocycles. The first kappa shape index (κ1) is 30.2. The van der Waals surface area contributed by atoms with Gasteiger partial charge in [-0.3, -0.25) is 4.79 Å². The summed E-state index contributed by atoms with van der Waals surface area (Å²) in [5, 5.41) is 27.8. The number of nitrogens with two attached hydrogens (primary N) is 1. The predicted octanol–water partition coefficient (Wildman–Crippen LogP) is 3.46. The van der Waals surface area contributed by atoms with E-state index in [1.807, 2.05) is 41.1 Å². The highest BCUT2D eigenvalue weighted by molar-refractivity contribution is 6.00. The van der Waals surface area contributed by atoms with Gasteiger partial charge < -0.3 is 31.3 Å². The highest BCUT2D eigenvalue weighted by Gasteiger charge is 2.44. The van der Waals surface area contributed by atoms with Gasteiger partial charge in [-0.05, 0) is 56.0 Å². The molecular weight excluding hydrogens is 566 g/mol. The maximum Gasteiger partial charge on any atom is 0.328 e. The van der Waals surface area contributed by atoms with Gasteiger partial charge in [0.15, 0.2) is 5.65 Å². The smallest absolute Gasteiger partial charge is 0.328 e. The molecule has 3 heterocycles. The van der Waals surface area contributed by atoms with Gasteiger partial charge in [0.1, 0.15) is 23.6 Å². The third kappa shape index (κ3) is 6.84. The van der Waals surface area contributed by atoms with Gasteiger partial charge in [0.05, 0.1) is 24.2 Å². The zero-order chi connectivity index (χ0) is 31.2. The van der Waals surface area contributed by atoms with Crippen LogP contribution in [0.1, 0.15) is 36.8 Å². The Balaban J connectivity index is 0.000000426. The lowest BCUT2D eigenvalue weighted by atomic mass is 10.1. The van der Waals surface area contributed by atoms with E-state index in [0.717, 1.165) is 48.9 Å². The Hall–Kier alpha value is -5.30. The summed E-state index contributed by atoms with van der Waals surface area (Å²) in [5.74, 6) is -1.30. The Labute approximate surface area is 252 Å². The van der Waals surface area contributed by atoms with E-state index in [2.05, 4.69) is 32.7 Å². The number of piperidine rings is 1. The molecule has 2 atom stereocenters. The van der Waals surface area contributed by atoms with Crippen molar-refractivity contribution in [3.8, 4) is 17.0 Å². The molecule has 228 valence electrons. The van der Waals surface area contributed by atoms with E-state index < -0.39 is 11.9 Å². The van der Waals surface area contributed by atoms with Crippen LogP contribution in [0.3, 0.4) is 0 Å². The number of amides is 1. The van der Waals surface area contributed by atoms with E-state index in [1.165, 1.54) is 11.9 Å². The summed E-state index contributed by atoms with van der Waals surface area (Å²) in [4.78, 5) is 40.8. The molecule has 1 amide bonds. The maximum absolute atomic E-state index is 13.0. The average Bonchev–Trinajstić information content (AvgIpc) is 3.75. The third-order valence-corrected chi connectivity index (χ3v) is 7.63. The number of benzene rings is 2. The molecular formula is C31H33N7O6. The van der Waals surface area contributed by atoms with E-state index in [1.54, 1.807) is 7.11 Å². The standard InChI is InChI=1S/C27H29N7O2.C4H4O4/c1-36-22-13-17(7-8-21(22)32-27(35)20-14-19(20)16-5-3-2-4-6-16)24-23-25(28)30-15-31-26(23)34(33-24)18-9-11-29-12-10-18;5-3(6)1-2-4(7)8/h2-8,13,15,18-20,29H,9-12,14H2,1H3,(H,32,35)(H2,28,30,31);1-2H,(H,5,6)(H,7,8)/b;2-1-/t19-,20+;/m0./s1. The van der Waals surface area contributed by atoms with Gasteiger partial charge in [-0.2, -0.15) is 5.10 Å². The van der Waals surface area contributed by atoms with Gasteiger partial charge in [0.2, 0.25) is 5.91 Å². The summed E-state index contributed by atoms with van der Waals surface area (Å²) in [6, 6.07) is 16.1. The molecule has 1 saturated heterocycles. The first-order chi connectivity index (χ1) is 21.3. The van der Waals surface area contributed by atoms with Crippen molar-refractivity contribution in [1.29, 1.82) is 0 Å². The van der Waals surface area contributed by atoms with Crippen molar-refractivity contribution in [3.63, 3.8) is 0 Å². The number of carbonyl (C=O) groups is 3. The molecule has 13 nitrogen and oxygen atoms in total. The predicted molar refractivity (Wildman–Crippen MR) is 163 cm³/mol. The third-order valence-electron chi connectivity index (χ3n) is 7.63. The SMILES string of the molecule is COc1cc(-c2nn(C3CCNCC3)c3ncnc(N)c23)ccc1NC(=O)[C@@H]1C[C@H]1c1ccccc1.O=C(O)/C=C\C(=O)O. The van der Waals surface area contributed by atoms with Crippen LogP contribution in [0.4, 0.5) is 11.5 Å². The molecule has 1 aliphatic heterocycles. The number of nitrogen functional groups attached to an aromatic ring is 1. The average molecular weight is 600 g/mol. The minimum absolute atomic E-state index is 0.00758. The molecule has 4 aromatic rings. The molecule has 44 heavy (non-hydrogen) atoms. The fourth-order valence-corrected chi connectivity index (χ4v) is 5.37. The van der Waals surface area contributed by atoms with E-state index in [9.17, 15) is 14.4 Å². The first-order valence-corrected chi connectivity index (χ1v) is 14.1. The second-order valence-corrected chi connectivity index (χ2v) is 10.5. The molecule has 0 spiro atoms. The van der Waals surface area contributed by atoms with Crippen molar-refractivity contribution >= 4 is 40.4 Å². The molecule has 2 aliphatic rings. The van der Waals surface area contributed by atoms with Crippen molar-refractivity contribution in [2.75, 3.05) is 31.2 Å². The molecule has 0 unspecified atom stereocenters. The number of carbonyl (C=O) groups excluding carboxylic acids is 1. The quantitative estimate of drug-likeness (QED) is 0.186. The number of aliphatic carboxylic acids is 2. The molecule has 6 rings (SSSR count). The normalized spacial score (nSPS) is 17.9. The highest BCUT2D eigenvalue weighted by atomic mass is 16.5. The van der Waals surface area contributed by atoms with Crippen LogP contribution in [0, 0.1) is 5.92 Å². The fraction of sp³-hybridized carbons (Fsp3) is 0.290. The molecule has 6 N–H and O–H groups in total. The maximum atomic E-state index is 13.0. The number of hydrogen-bond acceptors (Lipinski definition) is 9. The van der Waals surface area contributed by atoms with Crippen LogP contribution in [0.15, 0.2) is 67.0 Å². The van der Waals surface area contributed by atoms with Crippen LogP contribution in [-0.4, -0.2) is 68.0 Å². The number of ether oxygens (including phenoxy) is 1. The van der Waals surface area contributed by atoms with Gasteiger partial charge in [-0.15, -0.1) is 0 Å². The minimum atomic E-state index is -1.26. The van der Waals surface area contributed by atoms with Gasteiger partial charge in [0, 0.05) is 23.6 Å². The lowest BCUT2D eigenvalue weighted by Gasteiger charge is -2.23. The number of aromatic nitrogens is 4. The molecule has 2 aromatic heterocycles. The summed E-state index contributed by atoms with van der Waals surface area (Å²) in [5.41, 5.74) is 10.4. The number of rotatable bonds is 8. The lowest BCUT2D eigenvalue weighted by molar-refractivity contribution is -0.134. The van der Waals surface area contributed by atoms with E-state index in [-0.39, 0.29) is 23.8 Å². The number of carboxylic acids is 2. The number of anilines is 2. The van der Waals surface area contributed by atoms with Crippen LogP contribution in [0.25, 0.3) is 22.3 Å². The Morgan fingerprint density at radius 2 is 1.75 bits per heavy atom. The lowest BCUT2D eigenvalue weighted by Crippen LogP contribution is -2.30. The minimum Gasteiger partial charge on any atom is -0.495 e. The van der Waals surface area contributed by atoms with Crippen molar-refractivity contribution in [2.24, 2.45) is 5.92 Å². The summed E-state index contributed by atoms with van der Waals surface area (Å²) >= 11 is 0. The van der Waals surface area contributed by atoms with Crippen LogP contribution < -0.4 is 21.1 Å². The van der Waals surface area contributed by atoms with Crippen LogP contribution in [0.5, 0.6) is 5.75 Å². The topological polar surface area (TPSA) is 195 Å². The molecule has 1 aliphatic carbocycles. The zero-order valence-corrected chi connectivity index (χ0v) is 24.0. The number of hydrogen-bond donors (Lipinski definition) is 5. The summed E-state index contributed by atoms with van der Waals surface area (Å²) < 4.78 is 7.65. The van der Waals surface area contributed by atoms with Crippen LogP contribution in [-0.2, 0) is 14.4 Å². The van der Waals surface area contributed by atoms with Gasteiger partial charge in [0.25, 0.3) is 0 Å². The van der Waals surface area contributed by atoms with E-state index in [4.69, 9.17) is 25.8 Å². The van der Waals surface area contributed by atoms with Gasteiger partial charge >= 0.3 is 11.9 Å². The zero-order valence-electron chi connectivity index (χ0n) is 24.0. The number of methoxy groups -OCH3 is 1. The van der Waals surface area contributed by atoms with Crippen LogP contribution >= 0.6 is 0 Å². The summed E-state index contributed by atoms with van der Waals surface area (Å²) in [6.45, 7) is 1.88. The molecule has 2 aromatic carbocycles. The molecule has 0 bridgehead atoms. The molecule has 0 radical (unpaired) electrons. The fourth-order valence-electron chi connectivity index (χ4n) is 5.37. The van der Waals surface area contributed by atoms with Crippen molar-refractivity contribution in [1.82, 2.24) is 25.1 Å². The highest BCUT2D eigenvalue weighted by Crippen LogP contribution is 2.48. The van der Waals surface area contributed by atoms with Crippen molar-refractivity contribution in [3.05, 3.63) is 72.6 Å². The number of nitrogens with one attached hydrogen (secondary N) is 2. The second kappa shape index (κ2) is 13.3. The Bertz CT molecular complexity index is 1680. The summed E-state index contributed by atoms with van der Waals surface area (Å²) in [6.07, 6.45) is 5.40. The number of carboxylic acid groups (broad SMARTS) is 2. The summed E-state index contributed by atoms with van der Waals surface area (Å²) in [7, 11) is 1.60. The Morgan fingerprint density at radius 1 is 1.05 bits per heavy atom. The Kier molecular flexibility index (Phi) is 9.15.